The van der Waals surface area contributed by atoms with Crippen molar-refractivity contribution < 1.29 is 0 Å². The molecule has 15 heavy (non-hydrogen) atoms. The first-order chi connectivity index (χ1) is 7.11. The van der Waals surface area contributed by atoms with Crippen LogP contribution in [0.4, 0.5) is 0 Å². The molecule has 0 fully saturated rings. The van der Waals surface area contributed by atoms with Crippen molar-refractivity contribution in [1.82, 2.24) is 9.78 Å². The molecule has 0 aliphatic heterocycles. The highest BCUT2D eigenvalue weighted by Gasteiger charge is 2.08. The Hall–Kier alpha value is -0.500. The first-order valence-electron chi connectivity index (χ1n) is 5.72. The maximum Gasteiger partial charge on any atom is 0.0492 e. The predicted molar refractivity (Wildman–Crippen MR) is 65.2 cm³/mol. The summed E-state index contributed by atoms with van der Waals surface area (Å²) in [6, 6.07) is 2.08. The van der Waals surface area contributed by atoms with E-state index in [0.717, 1.165) is 12.8 Å². The molecule has 0 aliphatic rings. The van der Waals surface area contributed by atoms with Gasteiger partial charge >= 0.3 is 0 Å². The van der Waals surface area contributed by atoms with Gasteiger partial charge in [0.2, 0.25) is 0 Å². The molecule has 1 rings (SSSR count). The number of hydrogen-bond acceptors (Lipinski definition) is 1. The number of aromatic nitrogens is 2. The fourth-order valence-corrected chi connectivity index (χ4v) is 1.78. The van der Waals surface area contributed by atoms with Crippen LogP contribution in [0.5, 0.6) is 0 Å². The lowest BCUT2D eigenvalue weighted by atomic mass is 10.0. The molecule has 1 atom stereocenters. The minimum absolute atomic E-state index is 0.330. The second kappa shape index (κ2) is 6.16. The van der Waals surface area contributed by atoms with E-state index in [-0.39, 0.29) is 0 Å². The lowest BCUT2D eigenvalue weighted by Gasteiger charge is -2.12. The summed E-state index contributed by atoms with van der Waals surface area (Å²) in [7, 11) is 1.99. The molecule has 1 aromatic rings. The lowest BCUT2D eigenvalue weighted by Crippen LogP contribution is -2.07. The molecule has 0 amide bonds. The van der Waals surface area contributed by atoms with Gasteiger partial charge in [0.05, 0.1) is 0 Å². The molecule has 2 nitrogen and oxygen atoms in total. The smallest absolute Gasteiger partial charge is 0.0492 e. The van der Waals surface area contributed by atoms with Gasteiger partial charge in [0.15, 0.2) is 0 Å². The first kappa shape index (κ1) is 12.6. The number of nitrogens with zero attached hydrogens (tertiary/aromatic N) is 2. The number of aryl methyl sites for hydroxylation is 2. The predicted octanol–water partition coefficient (Wildman–Crippen LogP) is 3.40. The molecule has 0 aliphatic carbocycles. The maximum absolute atomic E-state index is 6.19. The van der Waals surface area contributed by atoms with E-state index in [0.29, 0.717) is 11.3 Å². The van der Waals surface area contributed by atoms with Gasteiger partial charge in [-0.2, -0.15) is 5.10 Å². The molecule has 86 valence electrons. The standard InChI is InChI=1S/C12H21ClN2/c1-10(2)12(13)7-5-4-6-11-8-9-14-15(11)3/h8-10,12H,4-7H2,1-3H3. The van der Waals surface area contributed by atoms with Gasteiger partial charge in [-0.1, -0.05) is 20.3 Å². The summed E-state index contributed by atoms with van der Waals surface area (Å²) in [5.74, 6) is 0.586. The van der Waals surface area contributed by atoms with Crippen molar-refractivity contribution in [1.29, 1.82) is 0 Å². The highest BCUT2D eigenvalue weighted by Crippen LogP contribution is 2.17. The molecule has 0 saturated heterocycles. The number of unbranched alkanes of at least 4 members (excludes halogenated alkanes) is 1. The number of rotatable bonds is 6. The molecule has 3 heteroatoms. The Bertz CT molecular complexity index is 281. The zero-order valence-electron chi connectivity index (χ0n) is 9.91. The molecule has 1 unspecified atom stereocenters. The van der Waals surface area contributed by atoms with Crippen LogP contribution < -0.4 is 0 Å². The Morgan fingerprint density at radius 3 is 2.67 bits per heavy atom. The molecule has 0 N–H and O–H groups in total. The van der Waals surface area contributed by atoms with Crippen LogP contribution in [0.1, 0.15) is 38.8 Å². The Balaban J connectivity index is 2.15. The van der Waals surface area contributed by atoms with E-state index in [1.807, 2.05) is 17.9 Å². The SMILES string of the molecule is CC(C)C(Cl)CCCCc1ccnn1C. The van der Waals surface area contributed by atoms with Crippen LogP contribution in [0.2, 0.25) is 0 Å². The normalized spacial score (nSPS) is 13.4. The van der Waals surface area contributed by atoms with Gasteiger partial charge < -0.3 is 0 Å². The molecule has 1 aromatic heterocycles. The number of alkyl halides is 1. The largest absolute Gasteiger partial charge is 0.273 e. The zero-order chi connectivity index (χ0) is 11.3. The lowest BCUT2D eigenvalue weighted by molar-refractivity contribution is 0.531. The van der Waals surface area contributed by atoms with Crippen LogP contribution in [-0.4, -0.2) is 15.2 Å². The second-order valence-corrected chi connectivity index (χ2v) is 5.01. The minimum atomic E-state index is 0.330. The van der Waals surface area contributed by atoms with E-state index in [1.54, 1.807) is 0 Å². The third kappa shape index (κ3) is 4.25. The van der Waals surface area contributed by atoms with E-state index in [9.17, 15) is 0 Å². The average molecular weight is 229 g/mol. The van der Waals surface area contributed by atoms with Crippen molar-refractivity contribution in [2.24, 2.45) is 13.0 Å². The summed E-state index contributed by atoms with van der Waals surface area (Å²) >= 11 is 6.19. The van der Waals surface area contributed by atoms with Crippen molar-refractivity contribution in [2.75, 3.05) is 0 Å². The zero-order valence-corrected chi connectivity index (χ0v) is 10.7. The molecule has 0 spiro atoms. The summed E-state index contributed by atoms with van der Waals surface area (Å²) in [5.41, 5.74) is 1.31. The fraction of sp³-hybridized carbons (Fsp3) is 0.750. The van der Waals surface area contributed by atoms with Crippen LogP contribution in [0.25, 0.3) is 0 Å². The Kier molecular flexibility index (Phi) is 5.16. The molecular weight excluding hydrogens is 208 g/mol. The summed E-state index contributed by atoms with van der Waals surface area (Å²) in [4.78, 5) is 0. The summed E-state index contributed by atoms with van der Waals surface area (Å²) in [6.07, 6.45) is 6.50. The van der Waals surface area contributed by atoms with Crippen molar-refractivity contribution in [3.8, 4) is 0 Å². The minimum Gasteiger partial charge on any atom is -0.273 e. The molecule has 0 saturated carbocycles. The quantitative estimate of drug-likeness (QED) is 0.539. The van der Waals surface area contributed by atoms with Gasteiger partial charge in [-0.3, -0.25) is 4.68 Å². The topological polar surface area (TPSA) is 17.8 Å². The van der Waals surface area contributed by atoms with Gasteiger partial charge in [-0.25, -0.2) is 0 Å². The van der Waals surface area contributed by atoms with E-state index in [1.165, 1.54) is 18.5 Å². The molecule has 0 radical (unpaired) electrons. The van der Waals surface area contributed by atoms with Gasteiger partial charge in [0, 0.05) is 24.3 Å². The molecule has 0 aromatic carbocycles. The molecular formula is C12H21ClN2. The number of halogens is 1. The van der Waals surface area contributed by atoms with Crippen LogP contribution in [0.3, 0.4) is 0 Å². The van der Waals surface area contributed by atoms with Crippen LogP contribution >= 0.6 is 11.6 Å². The average Bonchev–Trinajstić information content (AvgIpc) is 2.58. The Labute approximate surface area is 97.6 Å². The third-order valence-electron chi connectivity index (χ3n) is 2.81. The van der Waals surface area contributed by atoms with Crippen molar-refractivity contribution in [3.05, 3.63) is 18.0 Å². The van der Waals surface area contributed by atoms with Crippen molar-refractivity contribution in [3.63, 3.8) is 0 Å². The third-order valence-corrected chi connectivity index (χ3v) is 3.53. The van der Waals surface area contributed by atoms with Gasteiger partial charge in [-0.05, 0) is 31.2 Å². The molecule has 1 heterocycles. The van der Waals surface area contributed by atoms with Gasteiger partial charge in [0.25, 0.3) is 0 Å². The van der Waals surface area contributed by atoms with Gasteiger partial charge in [0.1, 0.15) is 0 Å². The van der Waals surface area contributed by atoms with Gasteiger partial charge in [-0.15, -0.1) is 11.6 Å². The highest BCUT2D eigenvalue weighted by molar-refractivity contribution is 6.20. The van der Waals surface area contributed by atoms with E-state index < -0.39 is 0 Å². The molecule has 0 bridgehead atoms. The second-order valence-electron chi connectivity index (χ2n) is 4.45. The van der Waals surface area contributed by atoms with E-state index in [2.05, 4.69) is 25.0 Å². The maximum atomic E-state index is 6.19. The fourth-order valence-electron chi connectivity index (χ4n) is 1.63. The van der Waals surface area contributed by atoms with Crippen LogP contribution in [0.15, 0.2) is 12.3 Å². The van der Waals surface area contributed by atoms with Crippen LogP contribution in [-0.2, 0) is 13.5 Å². The van der Waals surface area contributed by atoms with E-state index in [4.69, 9.17) is 11.6 Å². The van der Waals surface area contributed by atoms with Crippen LogP contribution in [0, 0.1) is 5.92 Å². The summed E-state index contributed by atoms with van der Waals surface area (Å²) < 4.78 is 1.95. The summed E-state index contributed by atoms with van der Waals surface area (Å²) in [5, 5.41) is 4.48. The first-order valence-corrected chi connectivity index (χ1v) is 6.16. The highest BCUT2D eigenvalue weighted by atomic mass is 35.5. The monoisotopic (exact) mass is 228 g/mol. The van der Waals surface area contributed by atoms with Crippen molar-refractivity contribution >= 4 is 11.6 Å². The van der Waals surface area contributed by atoms with Crippen molar-refractivity contribution in [2.45, 2.75) is 44.9 Å². The van der Waals surface area contributed by atoms with E-state index >= 15 is 0 Å². The Morgan fingerprint density at radius 1 is 1.40 bits per heavy atom. The Morgan fingerprint density at radius 2 is 2.13 bits per heavy atom. The summed E-state index contributed by atoms with van der Waals surface area (Å²) in [6.45, 7) is 4.36. The number of hydrogen-bond donors (Lipinski definition) is 0.